The minimum absolute atomic E-state index is 0.290. The molecular formula is C15H13ClN3OP. The van der Waals surface area contributed by atoms with Crippen molar-refractivity contribution in [1.29, 1.82) is 0 Å². The first-order valence-electron chi connectivity index (χ1n) is 6.37. The van der Waals surface area contributed by atoms with E-state index in [1.165, 1.54) is 5.56 Å². The van der Waals surface area contributed by atoms with Gasteiger partial charge in [0.15, 0.2) is 5.82 Å². The van der Waals surface area contributed by atoms with Gasteiger partial charge in [-0.25, -0.2) is 9.66 Å². The first-order chi connectivity index (χ1) is 10.1. The fourth-order valence-corrected chi connectivity index (χ4v) is 2.60. The number of hydrogen-bond acceptors (Lipinski definition) is 3. The summed E-state index contributed by atoms with van der Waals surface area (Å²) in [5, 5.41) is 0.987. The molecule has 0 aliphatic rings. The van der Waals surface area contributed by atoms with Gasteiger partial charge in [-0.1, -0.05) is 35.9 Å². The fourth-order valence-electron chi connectivity index (χ4n) is 2.17. The Labute approximate surface area is 128 Å². The van der Waals surface area contributed by atoms with Crippen LogP contribution in [0.15, 0.2) is 47.3 Å². The molecule has 0 saturated heterocycles. The lowest BCUT2D eigenvalue weighted by Crippen LogP contribution is -2.29. The van der Waals surface area contributed by atoms with E-state index in [2.05, 4.69) is 14.2 Å². The van der Waals surface area contributed by atoms with Crippen LogP contribution < -0.4 is 11.4 Å². The number of halogens is 1. The highest BCUT2D eigenvalue weighted by molar-refractivity contribution is 7.15. The predicted molar refractivity (Wildman–Crippen MR) is 90.0 cm³/mol. The Bertz CT molecular complexity index is 874. The predicted octanol–water partition coefficient (Wildman–Crippen LogP) is 2.81. The molecule has 106 valence electrons. The van der Waals surface area contributed by atoms with Crippen molar-refractivity contribution in [2.75, 3.05) is 5.84 Å². The van der Waals surface area contributed by atoms with E-state index in [1.54, 1.807) is 18.2 Å². The minimum atomic E-state index is -0.290. The molecule has 0 amide bonds. The number of aromatic nitrogens is 2. The zero-order valence-corrected chi connectivity index (χ0v) is 13.0. The molecule has 6 heteroatoms. The van der Waals surface area contributed by atoms with Crippen LogP contribution in [-0.4, -0.2) is 9.66 Å². The molecule has 2 aromatic carbocycles. The molecule has 2 N–H and O–H groups in total. The number of benzene rings is 2. The molecule has 1 aromatic heterocycles. The number of nitrogens with two attached hydrogens (primary N) is 1. The summed E-state index contributed by atoms with van der Waals surface area (Å²) in [6, 6.07) is 12.7. The molecule has 21 heavy (non-hydrogen) atoms. The molecule has 0 aliphatic heterocycles. The van der Waals surface area contributed by atoms with Gasteiger partial charge in [0.2, 0.25) is 0 Å². The van der Waals surface area contributed by atoms with Crippen LogP contribution in [-0.2, 0) is 6.16 Å². The molecule has 1 unspecified atom stereocenters. The Morgan fingerprint density at radius 2 is 1.90 bits per heavy atom. The van der Waals surface area contributed by atoms with E-state index in [0.29, 0.717) is 21.7 Å². The third-order valence-corrected chi connectivity index (χ3v) is 4.02. The van der Waals surface area contributed by atoms with Gasteiger partial charge >= 0.3 is 0 Å². The fraction of sp³-hybridized carbons (Fsp3) is 0.0667. The largest absolute Gasteiger partial charge is 0.334 e. The maximum atomic E-state index is 12.3. The van der Waals surface area contributed by atoms with Gasteiger partial charge in [0.05, 0.1) is 10.9 Å². The van der Waals surface area contributed by atoms with Crippen LogP contribution in [0.3, 0.4) is 0 Å². The maximum Gasteiger partial charge on any atom is 0.280 e. The zero-order valence-electron chi connectivity index (χ0n) is 11.1. The van der Waals surface area contributed by atoms with Crippen molar-refractivity contribution in [2.45, 2.75) is 6.16 Å². The van der Waals surface area contributed by atoms with Crippen molar-refractivity contribution in [3.63, 3.8) is 0 Å². The number of nitrogens with zero attached hydrogens (tertiary/aromatic N) is 2. The van der Waals surface area contributed by atoms with Crippen molar-refractivity contribution in [3.8, 4) is 11.4 Å². The third-order valence-electron chi connectivity index (χ3n) is 3.31. The molecule has 0 fully saturated rings. The van der Waals surface area contributed by atoms with Gasteiger partial charge in [0.1, 0.15) is 0 Å². The first kappa shape index (κ1) is 14.1. The molecule has 0 radical (unpaired) electrons. The topological polar surface area (TPSA) is 60.9 Å². The highest BCUT2D eigenvalue weighted by Crippen LogP contribution is 2.21. The normalized spacial score (nSPS) is 11.0. The summed E-state index contributed by atoms with van der Waals surface area (Å²) in [6.07, 6.45) is 0.871. The minimum Gasteiger partial charge on any atom is -0.334 e. The lowest BCUT2D eigenvalue weighted by Gasteiger charge is -2.09. The van der Waals surface area contributed by atoms with Crippen molar-refractivity contribution < 1.29 is 0 Å². The van der Waals surface area contributed by atoms with Crippen LogP contribution in [0.4, 0.5) is 0 Å². The number of nitrogen functional groups attached to an aromatic ring is 1. The van der Waals surface area contributed by atoms with Gasteiger partial charge in [0, 0.05) is 10.6 Å². The van der Waals surface area contributed by atoms with Gasteiger partial charge in [-0.3, -0.25) is 4.79 Å². The Morgan fingerprint density at radius 3 is 2.57 bits per heavy atom. The lowest BCUT2D eigenvalue weighted by atomic mass is 10.1. The monoisotopic (exact) mass is 317 g/mol. The van der Waals surface area contributed by atoms with Crippen molar-refractivity contribution in [1.82, 2.24) is 9.66 Å². The average Bonchev–Trinajstić information content (AvgIpc) is 2.51. The molecular weight excluding hydrogens is 305 g/mol. The molecule has 0 saturated carbocycles. The molecule has 1 heterocycles. The maximum absolute atomic E-state index is 12.3. The smallest absolute Gasteiger partial charge is 0.280 e. The summed E-state index contributed by atoms with van der Waals surface area (Å²) in [5.74, 6) is 6.32. The van der Waals surface area contributed by atoms with Crippen LogP contribution >= 0.6 is 20.8 Å². The quantitative estimate of drug-likeness (QED) is 0.584. The van der Waals surface area contributed by atoms with E-state index < -0.39 is 0 Å². The molecule has 0 bridgehead atoms. The summed E-state index contributed by atoms with van der Waals surface area (Å²) >= 11 is 5.97. The Kier molecular flexibility index (Phi) is 3.66. The summed E-state index contributed by atoms with van der Waals surface area (Å²) in [6.45, 7) is 0. The number of hydrogen-bond donors (Lipinski definition) is 1. The second-order valence-corrected chi connectivity index (χ2v) is 5.52. The Morgan fingerprint density at radius 1 is 1.19 bits per heavy atom. The van der Waals surface area contributed by atoms with Gasteiger partial charge in [-0.05, 0) is 29.9 Å². The number of rotatable bonds is 2. The summed E-state index contributed by atoms with van der Waals surface area (Å²) in [7, 11) is 2.67. The highest BCUT2D eigenvalue weighted by atomic mass is 35.5. The summed E-state index contributed by atoms with van der Waals surface area (Å²) in [5.41, 5.74) is 2.22. The van der Waals surface area contributed by atoms with Crippen LogP contribution in [0.1, 0.15) is 5.56 Å². The van der Waals surface area contributed by atoms with Crippen molar-refractivity contribution in [3.05, 3.63) is 63.4 Å². The van der Waals surface area contributed by atoms with E-state index in [9.17, 15) is 4.79 Å². The number of fused-ring (bicyclic) bond motifs is 1. The second kappa shape index (κ2) is 5.47. The SMILES string of the molecule is Nn1c(-c2ccc(CP)cc2)nc2cc(Cl)ccc2c1=O. The molecule has 0 aliphatic carbocycles. The van der Waals surface area contributed by atoms with E-state index in [4.69, 9.17) is 17.4 Å². The first-order valence-corrected chi connectivity index (χ1v) is 7.56. The second-order valence-electron chi connectivity index (χ2n) is 4.67. The Balaban J connectivity index is 2.26. The van der Waals surface area contributed by atoms with Gasteiger partial charge < -0.3 is 5.84 Å². The lowest BCUT2D eigenvalue weighted by molar-refractivity contribution is 0.927. The van der Waals surface area contributed by atoms with Gasteiger partial charge in [0.25, 0.3) is 5.56 Å². The van der Waals surface area contributed by atoms with E-state index >= 15 is 0 Å². The van der Waals surface area contributed by atoms with Crippen LogP contribution in [0.5, 0.6) is 0 Å². The van der Waals surface area contributed by atoms with Crippen LogP contribution in [0, 0.1) is 0 Å². The summed E-state index contributed by atoms with van der Waals surface area (Å²) < 4.78 is 1.08. The molecule has 0 spiro atoms. The summed E-state index contributed by atoms with van der Waals surface area (Å²) in [4.78, 5) is 16.8. The highest BCUT2D eigenvalue weighted by Gasteiger charge is 2.11. The van der Waals surface area contributed by atoms with Gasteiger partial charge in [-0.15, -0.1) is 9.24 Å². The average molecular weight is 318 g/mol. The molecule has 4 nitrogen and oxygen atoms in total. The molecule has 3 aromatic rings. The molecule has 3 rings (SSSR count). The third kappa shape index (κ3) is 2.53. The van der Waals surface area contributed by atoms with E-state index in [0.717, 1.165) is 16.4 Å². The van der Waals surface area contributed by atoms with Crippen molar-refractivity contribution >= 4 is 31.7 Å². The van der Waals surface area contributed by atoms with E-state index in [-0.39, 0.29) is 5.56 Å². The van der Waals surface area contributed by atoms with Gasteiger partial charge in [-0.2, -0.15) is 0 Å². The van der Waals surface area contributed by atoms with E-state index in [1.807, 2.05) is 24.3 Å². The van der Waals surface area contributed by atoms with Crippen LogP contribution in [0.2, 0.25) is 5.02 Å². The standard InChI is InChI=1S/C15H13ClN3OP/c16-11-5-6-12-13(7-11)18-14(19(17)15(12)20)10-3-1-9(8-21)2-4-10/h1-7H,8,17,21H2. The van der Waals surface area contributed by atoms with Crippen molar-refractivity contribution in [2.24, 2.45) is 0 Å². The Hall–Kier alpha value is -1.90. The van der Waals surface area contributed by atoms with Crippen LogP contribution in [0.25, 0.3) is 22.3 Å². The zero-order chi connectivity index (χ0) is 15.0. The molecule has 1 atom stereocenters.